The Labute approximate surface area is 164 Å². The number of carbonyl (C=O) groups excluding carboxylic acids is 1. The number of rotatable bonds is 8. The molecule has 1 fully saturated rings. The first kappa shape index (κ1) is 22.3. The minimum Gasteiger partial charge on any atom is -0.484 e. The predicted molar refractivity (Wildman–Crippen MR) is 102 cm³/mol. The van der Waals surface area contributed by atoms with Crippen molar-refractivity contribution in [2.45, 2.75) is 57.8 Å². The molecule has 1 aliphatic heterocycles. The lowest BCUT2D eigenvalue weighted by molar-refractivity contribution is -0.153. The minimum absolute atomic E-state index is 0.143. The summed E-state index contributed by atoms with van der Waals surface area (Å²) in [5, 5.41) is 5.69. The van der Waals surface area contributed by atoms with Gasteiger partial charge in [0.05, 0.1) is 6.04 Å². The SMILES string of the molecule is CC(NC(=O)NCCCN1CCCCC1C)c1ccc(OCC(F)(F)F)cc1. The van der Waals surface area contributed by atoms with Crippen molar-refractivity contribution in [2.75, 3.05) is 26.2 Å². The van der Waals surface area contributed by atoms with Crippen LogP contribution in [0.15, 0.2) is 24.3 Å². The molecule has 0 saturated carbocycles. The van der Waals surface area contributed by atoms with Gasteiger partial charge in [0, 0.05) is 19.1 Å². The van der Waals surface area contributed by atoms with Crippen molar-refractivity contribution < 1.29 is 22.7 Å². The van der Waals surface area contributed by atoms with Crippen molar-refractivity contribution in [2.24, 2.45) is 0 Å². The molecule has 158 valence electrons. The third-order valence-corrected chi connectivity index (χ3v) is 4.98. The average Bonchev–Trinajstić information content (AvgIpc) is 2.64. The van der Waals surface area contributed by atoms with Crippen LogP contribution in [-0.2, 0) is 0 Å². The Kier molecular flexibility index (Phi) is 8.41. The second-order valence-corrected chi connectivity index (χ2v) is 7.33. The van der Waals surface area contributed by atoms with E-state index in [1.807, 2.05) is 6.92 Å². The van der Waals surface area contributed by atoms with Crippen molar-refractivity contribution in [1.82, 2.24) is 15.5 Å². The van der Waals surface area contributed by atoms with Crippen LogP contribution in [-0.4, -0.2) is 49.4 Å². The normalized spacial score (nSPS) is 19.1. The van der Waals surface area contributed by atoms with Gasteiger partial charge in [-0.25, -0.2) is 4.79 Å². The zero-order valence-corrected chi connectivity index (χ0v) is 16.5. The number of carbonyl (C=O) groups is 1. The van der Waals surface area contributed by atoms with Crippen LogP contribution in [0.1, 0.15) is 51.1 Å². The molecule has 2 atom stereocenters. The summed E-state index contributed by atoms with van der Waals surface area (Å²) in [5.74, 6) is 0.143. The largest absolute Gasteiger partial charge is 0.484 e. The van der Waals surface area contributed by atoms with Crippen LogP contribution in [0.25, 0.3) is 0 Å². The number of nitrogens with one attached hydrogen (secondary N) is 2. The third kappa shape index (κ3) is 7.96. The smallest absolute Gasteiger partial charge is 0.422 e. The average molecular weight is 401 g/mol. The van der Waals surface area contributed by atoms with Crippen molar-refractivity contribution in [3.8, 4) is 5.75 Å². The Morgan fingerprint density at radius 2 is 2.00 bits per heavy atom. The highest BCUT2D eigenvalue weighted by molar-refractivity contribution is 5.74. The van der Waals surface area contributed by atoms with E-state index >= 15 is 0 Å². The maximum absolute atomic E-state index is 12.2. The Morgan fingerprint density at radius 1 is 1.29 bits per heavy atom. The predicted octanol–water partition coefficient (Wildman–Crippen LogP) is 4.25. The Hall–Kier alpha value is -1.96. The number of amides is 2. The zero-order chi connectivity index (χ0) is 20.6. The molecule has 1 aromatic rings. The van der Waals surface area contributed by atoms with Gasteiger partial charge in [0.2, 0.25) is 0 Å². The molecule has 8 heteroatoms. The van der Waals surface area contributed by atoms with E-state index in [0.29, 0.717) is 12.6 Å². The molecule has 2 N–H and O–H groups in total. The monoisotopic (exact) mass is 401 g/mol. The molecule has 1 saturated heterocycles. The number of hydrogen-bond donors (Lipinski definition) is 2. The first-order valence-electron chi connectivity index (χ1n) is 9.82. The lowest BCUT2D eigenvalue weighted by Gasteiger charge is -2.33. The van der Waals surface area contributed by atoms with Crippen LogP contribution in [0.3, 0.4) is 0 Å². The molecule has 5 nitrogen and oxygen atoms in total. The van der Waals surface area contributed by atoms with Gasteiger partial charge in [-0.05, 0) is 57.4 Å². The van der Waals surface area contributed by atoms with E-state index in [0.717, 1.165) is 25.1 Å². The van der Waals surface area contributed by atoms with E-state index in [-0.39, 0.29) is 17.8 Å². The quantitative estimate of drug-likeness (QED) is 0.641. The second-order valence-electron chi connectivity index (χ2n) is 7.33. The molecule has 1 aliphatic rings. The fourth-order valence-electron chi connectivity index (χ4n) is 3.32. The topological polar surface area (TPSA) is 53.6 Å². The molecule has 2 amide bonds. The zero-order valence-electron chi connectivity index (χ0n) is 16.5. The molecule has 1 aromatic carbocycles. The first-order valence-corrected chi connectivity index (χ1v) is 9.82. The first-order chi connectivity index (χ1) is 13.2. The summed E-state index contributed by atoms with van der Waals surface area (Å²) in [4.78, 5) is 14.5. The van der Waals surface area contributed by atoms with E-state index in [9.17, 15) is 18.0 Å². The second kappa shape index (κ2) is 10.5. The number of piperidine rings is 1. The molecule has 28 heavy (non-hydrogen) atoms. The van der Waals surface area contributed by atoms with Gasteiger partial charge in [0.1, 0.15) is 5.75 Å². The maximum atomic E-state index is 12.2. The van der Waals surface area contributed by atoms with Crippen molar-refractivity contribution >= 4 is 6.03 Å². The van der Waals surface area contributed by atoms with E-state index < -0.39 is 12.8 Å². The molecule has 0 radical (unpaired) electrons. The van der Waals surface area contributed by atoms with E-state index in [1.54, 1.807) is 12.1 Å². The summed E-state index contributed by atoms with van der Waals surface area (Å²) in [6, 6.07) is 6.33. The molecular formula is C20H30F3N3O2. The minimum atomic E-state index is -4.36. The van der Waals surface area contributed by atoms with Gasteiger partial charge in [-0.15, -0.1) is 0 Å². The maximum Gasteiger partial charge on any atom is 0.422 e. The summed E-state index contributed by atoms with van der Waals surface area (Å²) >= 11 is 0. The number of benzene rings is 1. The van der Waals surface area contributed by atoms with Crippen LogP contribution in [0.5, 0.6) is 5.75 Å². The Morgan fingerprint density at radius 3 is 2.64 bits per heavy atom. The number of halogens is 3. The molecule has 0 aromatic heterocycles. The van der Waals surface area contributed by atoms with Crippen molar-refractivity contribution in [3.05, 3.63) is 29.8 Å². The molecule has 2 unspecified atom stereocenters. The number of hydrogen-bond acceptors (Lipinski definition) is 3. The lowest BCUT2D eigenvalue weighted by atomic mass is 10.0. The lowest BCUT2D eigenvalue weighted by Crippen LogP contribution is -2.41. The summed E-state index contributed by atoms with van der Waals surface area (Å²) in [6.07, 6.45) is 0.321. The summed E-state index contributed by atoms with van der Waals surface area (Å²) in [6.45, 7) is 5.47. The standard InChI is InChI=1S/C20H30F3N3O2/c1-15-6-3-4-12-26(15)13-5-11-24-19(27)25-16(2)17-7-9-18(10-8-17)28-14-20(21,22)23/h7-10,15-16H,3-6,11-14H2,1-2H3,(H2,24,25,27). The van der Waals surface area contributed by atoms with E-state index in [4.69, 9.17) is 0 Å². The van der Waals surface area contributed by atoms with Crippen molar-refractivity contribution in [1.29, 1.82) is 0 Å². The number of alkyl halides is 3. The number of likely N-dealkylation sites (tertiary alicyclic amines) is 1. The highest BCUT2D eigenvalue weighted by Crippen LogP contribution is 2.21. The van der Waals surface area contributed by atoms with Gasteiger partial charge in [0.15, 0.2) is 6.61 Å². The highest BCUT2D eigenvalue weighted by atomic mass is 19.4. The summed E-state index contributed by atoms with van der Waals surface area (Å²) < 4.78 is 41.2. The summed E-state index contributed by atoms with van der Waals surface area (Å²) in [7, 11) is 0. The summed E-state index contributed by atoms with van der Waals surface area (Å²) in [5.41, 5.74) is 0.789. The van der Waals surface area contributed by atoms with Crippen LogP contribution in [0.4, 0.5) is 18.0 Å². The van der Waals surface area contributed by atoms with Gasteiger partial charge >= 0.3 is 12.2 Å². The fourth-order valence-corrected chi connectivity index (χ4v) is 3.32. The van der Waals surface area contributed by atoms with E-state index in [1.165, 1.54) is 31.4 Å². The third-order valence-electron chi connectivity index (χ3n) is 4.98. The van der Waals surface area contributed by atoms with Crippen LogP contribution in [0.2, 0.25) is 0 Å². The Balaban J connectivity index is 1.67. The van der Waals surface area contributed by atoms with Crippen LogP contribution < -0.4 is 15.4 Å². The molecule has 2 rings (SSSR count). The molecule has 0 spiro atoms. The van der Waals surface area contributed by atoms with Crippen LogP contribution in [0, 0.1) is 0 Å². The molecule has 1 heterocycles. The fraction of sp³-hybridized carbons (Fsp3) is 0.650. The van der Waals surface area contributed by atoms with Gasteiger partial charge < -0.3 is 20.3 Å². The number of ether oxygens (including phenoxy) is 1. The molecular weight excluding hydrogens is 371 g/mol. The molecule has 0 aliphatic carbocycles. The van der Waals surface area contributed by atoms with Gasteiger partial charge in [-0.2, -0.15) is 13.2 Å². The van der Waals surface area contributed by atoms with Gasteiger partial charge in [0.25, 0.3) is 0 Å². The van der Waals surface area contributed by atoms with E-state index in [2.05, 4.69) is 27.2 Å². The number of urea groups is 1. The highest BCUT2D eigenvalue weighted by Gasteiger charge is 2.28. The van der Waals surface area contributed by atoms with Gasteiger partial charge in [-0.3, -0.25) is 0 Å². The van der Waals surface area contributed by atoms with Gasteiger partial charge in [-0.1, -0.05) is 18.6 Å². The van der Waals surface area contributed by atoms with Crippen molar-refractivity contribution in [3.63, 3.8) is 0 Å². The molecule has 0 bridgehead atoms. The van der Waals surface area contributed by atoms with Crippen LogP contribution >= 0.6 is 0 Å². The number of nitrogens with zero attached hydrogens (tertiary/aromatic N) is 1. The Bertz CT molecular complexity index is 608.